The van der Waals surface area contributed by atoms with Gasteiger partial charge in [-0.1, -0.05) is 30.3 Å². The van der Waals surface area contributed by atoms with E-state index in [0.29, 0.717) is 45.8 Å². The number of piperazine rings is 1. The van der Waals surface area contributed by atoms with E-state index in [1.54, 1.807) is 0 Å². The lowest BCUT2D eigenvalue weighted by atomic mass is 10.1. The molecule has 0 N–H and O–H groups in total. The van der Waals surface area contributed by atoms with Crippen LogP contribution in [0.15, 0.2) is 54.6 Å². The van der Waals surface area contributed by atoms with E-state index in [2.05, 4.69) is 11.0 Å². The predicted octanol–water partition coefficient (Wildman–Crippen LogP) is 3.26. The summed E-state index contributed by atoms with van der Waals surface area (Å²) in [6, 6.07) is 19.3. The monoisotopic (exact) mass is 393 g/mol. The van der Waals surface area contributed by atoms with Gasteiger partial charge in [-0.2, -0.15) is 5.26 Å². The van der Waals surface area contributed by atoms with Crippen molar-refractivity contribution in [1.82, 2.24) is 9.80 Å². The van der Waals surface area contributed by atoms with Gasteiger partial charge in [-0.3, -0.25) is 9.69 Å². The molecule has 1 amide bonds. The zero-order valence-electron chi connectivity index (χ0n) is 16.8. The van der Waals surface area contributed by atoms with Crippen molar-refractivity contribution in [2.45, 2.75) is 19.4 Å². The maximum atomic E-state index is 12.5. The minimum absolute atomic E-state index is 0.0927. The first-order valence-corrected chi connectivity index (χ1v) is 10.0. The van der Waals surface area contributed by atoms with E-state index >= 15 is 0 Å². The first-order chi connectivity index (χ1) is 14.2. The predicted molar refractivity (Wildman–Crippen MR) is 111 cm³/mol. The molecule has 1 atom stereocenters. The molecule has 6 nitrogen and oxygen atoms in total. The molecule has 3 rings (SSSR count). The summed E-state index contributed by atoms with van der Waals surface area (Å²) in [5.41, 5.74) is 0.951. The van der Waals surface area contributed by atoms with Crippen LogP contribution in [0.3, 0.4) is 0 Å². The first-order valence-electron chi connectivity index (χ1n) is 10.0. The second-order valence-electron chi connectivity index (χ2n) is 6.86. The molecule has 1 unspecified atom stereocenters. The molecular formula is C23H27N3O3. The van der Waals surface area contributed by atoms with Gasteiger partial charge in [0, 0.05) is 26.2 Å². The molecule has 6 heteroatoms. The lowest BCUT2D eigenvalue weighted by Gasteiger charge is -2.37. The number of nitrogens with zero attached hydrogens (tertiary/aromatic N) is 3. The van der Waals surface area contributed by atoms with Crippen LogP contribution in [0.1, 0.15) is 24.9 Å². The van der Waals surface area contributed by atoms with E-state index in [-0.39, 0.29) is 11.9 Å². The van der Waals surface area contributed by atoms with E-state index < -0.39 is 0 Å². The molecule has 1 saturated heterocycles. The smallest absolute Gasteiger partial charge is 0.226 e. The van der Waals surface area contributed by atoms with Gasteiger partial charge in [0.1, 0.15) is 17.5 Å². The van der Waals surface area contributed by atoms with Gasteiger partial charge in [-0.15, -0.1) is 0 Å². The Balaban J connectivity index is 1.47. The fourth-order valence-corrected chi connectivity index (χ4v) is 3.44. The minimum atomic E-state index is -0.315. The number of benzene rings is 2. The zero-order chi connectivity index (χ0) is 20.5. The fourth-order valence-electron chi connectivity index (χ4n) is 3.44. The number of carbonyl (C=O) groups excluding carboxylic acids is 1. The Labute approximate surface area is 172 Å². The van der Waals surface area contributed by atoms with Crippen LogP contribution in [0.25, 0.3) is 0 Å². The maximum Gasteiger partial charge on any atom is 0.226 e. The topological polar surface area (TPSA) is 65.8 Å². The Morgan fingerprint density at radius 1 is 1.00 bits per heavy atom. The largest absolute Gasteiger partial charge is 0.494 e. The summed E-state index contributed by atoms with van der Waals surface area (Å²) >= 11 is 0. The number of hydrogen-bond donors (Lipinski definition) is 0. The second kappa shape index (κ2) is 10.5. The van der Waals surface area contributed by atoms with Crippen LogP contribution in [0.5, 0.6) is 11.5 Å². The Bertz CT molecular complexity index is 810. The summed E-state index contributed by atoms with van der Waals surface area (Å²) in [4.78, 5) is 16.4. The van der Waals surface area contributed by atoms with Crippen molar-refractivity contribution in [2.24, 2.45) is 0 Å². The quantitative estimate of drug-likeness (QED) is 0.689. The molecule has 0 radical (unpaired) electrons. The number of hydrogen-bond acceptors (Lipinski definition) is 5. The van der Waals surface area contributed by atoms with Crippen LogP contribution in [0, 0.1) is 11.3 Å². The molecule has 2 aromatic rings. The van der Waals surface area contributed by atoms with Gasteiger partial charge in [-0.05, 0) is 36.8 Å². The molecule has 0 bridgehead atoms. The minimum Gasteiger partial charge on any atom is -0.494 e. The van der Waals surface area contributed by atoms with Crippen molar-refractivity contribution in [2.75, 3.05) is 39.4 Å². The molecule has 29 heavy (non-hydrogen) atoms. The van der Waals surface area contributed by atoms with E-state index in [4.69, 9.17) is 9.47 Å². The number of para-hydroxylation sites is 1. The molecule has 0 saturated carbocycles. The highest BCUT2D eigenvalue weighted by Gasteiger charge is 2.27. The highest BCUT2D eigenvalue weighted by molar-refractivity contribution is 5.76. The molecular weight excluding hydrogens is 366 g/mol. The van der Waals surface area contributed by atoms with Crippen molar-refractivity contribution in [3.63, 3.8) is 0 Å². The van der Waals surface area contributed by atoms with E-state index in [9.17, 15) is 10.1 Å². The van der Waals surface area contributed by atoms with Crippen LogP contribution in [-0.4, -0.2) is 55.1 Å². The van der Waals surface area contributed by atoms with Crippen molar-refractivity contribution in [3.05, 3.63) is 60.2 Å². The molecule has 0 aliphatic carbocycles. The Hall–Kier alpha value is -3.04. The van der Waals surface area contributed by atoms with Crippen LogP contribution >= 0.6 is 0 Å². The molecule has 0 spiro atoms. The number of ether oxygens (including phenoxy) is 2. The van der Waals surface area contributed by atoms with E-state index in [1.807, 2.05) is 66.4 Å². The highest BCUT2D eigenvalue weighted by Crippen LogP contribution is 2.24. The van der Waals surface area contributed by atoms with Crippen molar-refractivity contribution < 1.29 is 14.3 Å². The average Bonchev–Trinajstić information content (AvgIpc) is 2.77. The summed E-state index contributed by atoms with van der Waals surface area (Å²) < 4.78 is 11.1. The van der Waals surface area contributed by atoms with Gasteiger partial charge in [0.15, 0.2) is 0 Å². The standard InChI is InChI=1S/C23H27N3O3/c1-2-28-21-10-8-19(9-11-21)22(18-24)25-13-15-26(16-14-25)23(27)12-17-29-20-6-4-3-5-7-20/h3-11,22H,2,12-17H2,1H3. The molecule has 1 fully saturated rings. The van der Waals surface area contributed by atoms with Crippen LogP contribution < -0.4 is 9.47 Å². The third-order valence-electron chi connectivity index (χ3n) is 4.99. The lowest BCUT2D eigenvalue weighted by molar-refractivity contribution is -0.133. The third-order valence-corrected chi connectivity index (χ3v) is 4.99. The van der Waals surface area contributed by atoms with Gasteiger partial charge in [-0.25, -0.2) is 0 Å². The Morgan fingerprint density at radius 2 is 1.66 bits per heavy atom. The van der Waals surface area contributed by atoms with Crippen molar-refractivity contribution in [1.29, 1.82) is 5.26 Å². The molecule has 1 heterocycles. The van der Waals surface area contributed by atoms with Crippen LogP contribution in [0.2, 0.25) is 0 Å². The number of amides is 1. The Morgan fingerprint density at radius 3 is 2.28 bits per heavy atom. The summed E-state index contributed by atoms with van der Waals surface area (Å²) in [6.07, 6.45) is 0.357. The van der Waals surface area contributed by atoms with Crippen LogP contribution in [-0.2, 0) is 4.79 Å². The SMILES string of the molecule is CCOc1ccc(C(C#N)N2CCN(C(=O)CCOc3ccccc3)CC2)cc1. The number of nitriles is 1. The fraction of sp³-hybridized carbons (Fsp3) is 0.391. The maximum absolute atomic E-state index is 12.5. The van der Waals surface area contributed by atoms with Crippen LogP contribution in [0.4, 0.5) is 0 Å². The summed E-state index contributed by atoms with van der Waals surface area (Å²) in [6.45, 7) is 5.54. The van der Waals surface area contributed by atoms with Crippen molar-refractivity contribution >= 4 is 5.91 Å². The first kappa shape index (κ1) is 20.7. The molecule has 2 aromatic carbocycles. The van der Waals surface area contributed by atoms with E-state index in [0.717, 1.165) is 17.1 Å². The van der Waals surface area contributed by atoms with Gasteiger partial charge in [0.05, 0.1) is 25.7 Å². The molecule has 1 aliphatic heterocycles. The normalized spacial score (nSPS) is 15.4. The number of rotatable bonds is 8. The molecule has 0 aromatic heterocycles. The second-order valence-corrected chi connectivity index (χ2v) is 6.86. The van der Waals surface area contributed by atoms with Crippen molar-refractivity contribution in [3.8, 4) is 17.6 Å². The van der Waals surface area contributed by atoms with E-state index in [1.165, 1.54) is 0 Å². The van der Waals surface area contributed by atoms with Gasteiger partial charge in [0.25, 0.3) is 0 Å². The lowest BCUT2D eigenvalue weighted by Crippen LogP contribution is -2.49. The summed E-state index contributed by atoms with van der Waals surface area (Å²) in [5, 5.41) is 9.68. The zero-order valence-corrected chi connectivity index (χ0v) is 16.8. The average molecular weight is 393 g/mol. The van der Waals surface area contributed by atoms with Gasteiger partial charge >= 0.3 is 0 Å². The van der Waals surface area contributed by atoms with Gasteiger partial charge < -0.3 is 14.4 Å². The summed E-state index contributed by atoms with van der Waals surface area (Å²) in [7, 11) is 0. The Kier molecular flexibility index (Phi) is 7.48. The van der Waals surface area contributed by atoms with Gasteiger partial charge in [0.2, 0.25) is 5.91 Å². The summed E-state index contributed by atoms with van der Waals surface area (Å²) in [5.74, 6) is 1.67. The highest BCUT2D eigenvalue weighted by atomic mass is 16.5. The molecule has 152 valence electrons. The molecule has 1 aliphatic rings. The third kappa shape index (κ3) is 5.72. The number of carbonyl (C=O) groups is 1.